The van der Waals surface area contributed by atoms with E-state index >= 15 is 0 Å². The molecule has 3 aromatic heterocycles. The molecule has 8 aromatic rings. The normalized spacial score (nSPS) is 12.1. The molecule has 6 heteroatoms. The van der Waals surface area contributed by atoms with E-state index in [1.54, 1.807) is 11.3 Å². The first-order valence-electron chi connectivity index (χ1n) is 14.1. The van der Waals surface area contributed by atoms with Crippen LogP contribution < -0.4 is 4.90 Å². The van der Waals surface area contributed by atoms with Gasteiger partial charge in [0.15, 0.2) is 0 Å². The van der Waals surface area contributed by atoms with E-state index in [1.165, 1.54) is 21.8 Å². The number of hydrogen-bond acceptors (Lipinski definition) is 5. The van der Waals surface area contributed by atoms with Crippen LogP contribution in [0.5, 0.6) is 0 Å². The largest absolute Gasteiger partial charge is 0.306 e. The van der Waals surface area contributed by atoms with Crippen molar-refractivity contribution in [3.63, 3.8) is 0 Å². The van der Waals surface area contributed by atoms with Crippen molar-refractivity contribution in [2.24, 2.45) is 0 Å². The Morgan fingerprint density at radius 2 is 1.40 bits per heavy atom. The number of benzene rings is 5. The van der Waals surface area contributed by atoms with Gasteiger partial charge < -0.3 is 9.47 Å². The second kappa shape index (κ2) is 9.12. The van der Waals surface area contributed by atoms with Crippen LogP contribution >= 0.6 is 11.3 Å². The van der Waals surface area contributed by atoms with E-state index in [-0.39, 0.29) is 0 Å². The molecule has 1 aliphatic heterocycles. The summed E-state index contributed by atoms with van der Waals surface area (Å²) in [4.78, 5) is 13.1. The monoisotopic (exact) mass is 567 g/mol. The zero-order valence-electron chi connectivity index (χ0n) is 22.8. The van der Waals surface area contributed by atoms with Gasteiger partial charge in [-0.3, -0.25) is 0 Å². The Morgan fingerprint density at radius 1 is 0.628 bits per heavy atom. The Kier molecular flexibility index (Phi) is 5.06. The lowest BCUT2D eigenvalue weighted by Gasteiger charge is -2.33. The summed E-state index contributed by atoms with van der Waals surface area (Å²) in [5, 5.41) is 12.5. The summed E-state index contributed by atoms with van der Waals surface area (Å²) in [5.41, 5.74) is 11.4. The Hall–Kier alpha value is -5.77. The molecule has 0 amide bonds. The average Bonchev–Trinajstić information content (AvgIpc) is 3.65. The lowest BCUT2D eigenvalue weighted by Crippen LogP contribution is -2.18. The molecule has 43 heavy (non-hydrogen) atoms. The van der Waals surface area contributed by atoms with Crippen LogP contribution in [0, 0.1) is 11.3 Å². The fourth-order valence-corrected chi connectivity index (χ4v) is 7.22. The quantitative estimate of drug-likeness (QED) is 0.213. The molecule has 0 saturated heterocycles. The van der Waals surface area contributed by atoms with Gasteiger partial charge in [-0.1, -0.05) is 78.1 Å². The van der Waals surface area contributed by atoms with Gasteiger partial charge in [0.1, 0.15) is 15.4 Å². The van der Waals surface area contributed by atoms with Gasteiger partial charge in [-0.15, -0.1) is 0 Å². The molecule has 5 nitrogen and oxygen atoms in total. The van der Waals surface area contributed by atoms with E-state index in [2.05, 4.69) is 107 Å². The summed E-state index contributed by atoms with van der Waals surface area (Å²) >= 11 is 1.57. The SMILES string of the molecule is N#Cc1ccc(-c2nc3ccc(-c4cccc(N5c6ccccc6-n6c7ccccc7c7cccc5c76)c4)nc3s2)cc1. The fourth-order valence-electron chi connectivity index (χ4n) is 6.27. The first-order valence-corrected chi connectivity index (χ1v) is 14.9. The maximum atomic E-state index is 9.14. The van der Waals surface area contributed by atoms with E-state index in [4.69, 9.17) is 15.2 Å². The van der Waals surface area contributed by atoms with Gasteiger partial charge in [-0.2, -0.15) is 5.26 Å². The standard InChI is InChI=1S/C37H21N5S/c38-22-23-15-17-24(18-16-23)36-40-30-20-19-29(39-37(30)43-36)25-7-5-8-26(21-25)41-32-12-3-4-13-33(32)42-31-11-2-1-9-27(31)28-10-6-14-34(41)35(28)42/h1-21H. The smallest absolute Gasteiger partial charge is 0.144 e. The summed E-state index contributed by atoms with van der Waals surface area (Å²) in [5.74, 6) is 0. The highest BCUT2D eigenvalue weighted by Gasteiger charge is 2.28. The van der Waals surface area contributed by atoms with Crippen LogP contribution in [0.3, 0.4) is 0 Å². The topological polar surface area (TPSA) is 57.7 Å². The third kappa shape index (κ3) is 3.56. The van der Waals surface area contributed by atoms with Crippen molar-refractivity contribution < 1.29 is 0 Å². The van der Waals surface area contributed by atoms with Gasteiger partial charge in [0, 0.05) is 27.6 Å². The number of pyridine rings is 1. The summed E-state index contributed by atoms with van der Waals surface area (Å²) in [7, 11) is 0. The van der Waals surface area contributed by atoms with Gasteiger partial charge in [-0.25, -0.2) is 9.97 Å². The fraction of sp³-hybridized carbons (Fsp3) is 0. The van der Waals surface area contributed by atoms with Gasteiger partial charge >= 0.3 is 0 Å². The number of hydrogen-bond donors (Lipinski definition) is 0. The minimum absolute atomic E-state index is 0.638. The summed E-state index contributed by atoms with van der Waals surface area (Å²) in [6, 6.07) is 46.3. The van der Waals surface area contributed by atoms with Gasteiger partial charge in [-0.05, 0) is 60.7 Å². The third-order valence-corrected chi connectivity index (χ3v) is 9.21. The van der Waals surface area contributed by atoms with Crippen molar-refractivity contribution in [3.8, 4) is 33.6 Å². The number of nitriles is 1. The number of para-hydroxylation sites is 4. The number of aromatic nitrogens is 3. The number of thiazole rings is 1. The van der Waals surface area contributed by atoms with Crippen LogP contribution in [0.4, 0.5) is 17.1 Å². The highest BCUT2D eigenvalue weighted by Crippen LogP contribution is 2.49. The zero-order chi connectivity index (χ0) is 28.5. The molecule has 4 heterocycles. The predicted molar refractivity (Wildman–Crippen MR) is 176 cm³/mol. The maximum absolute atomic E-state index is 9.14. The number of fused-ring (bicyclic) bond motifs is 6. The molecule has 0 aliphatic carbocycles. The van der Waals surface area contributed by atoms with Crippen molar-refractivity contribution in [2.75, 3.05) is 4.90 Å². The van der Waals surface area contributed by atoms with Crippen LogP contribution in [0.15, 0.2) is 127 Å². The van der Waals surface area contributed by atoms with Crippen molar-refractivity contribution in [3.05, 3.63) is 133 Å². The Balaban J connectivity index is 1.18. The van der Waals surface area contributed by atoms with Crippen LogP contribution in [-0.4, -0.2) is 14.5 Å². The second-order valence-corrected chi connectivity index (χ2v) is 11.6. The Morgan fingerprint density at radius 3 is 2.28 bits per heavy atom. The second-order valence-electron chi connectivity index (χ2n) is 10.6. The summed E-state index contributed by atoms with van der Waals surface area (Å²) in [6.07, 6.45) is 0. The highest BCUT2D eigenvalue weighted by atomic mass is 32.1. The summed E-state index contributed by atoms with van der Waals surface area (Å²) < 4.78 is 2.40. The van der Waals surface area contributed by atoms with Gasteiger partial charge in [0.05, 0.1) is 45.4 Å². The molecule has 0 saturated carbocycles. The van der Waals surface area contributed by atoms with Crippen molar-refractivity contribution in [1.29, 1.82) is 5.26 Å². The van der Waals surface area contributed by atoms with E-state index in [0.29, 0.717) is 5.56 Å². The first kappa shape index (κ1) is 23.9. The Bertz CT molecular complexity index is 2430. The van der Waals surface area contributed by atoms with E-state index in [9.17, 15) is 0 Å². The van der Waals surface area contributed by atoms with Gasteiger partial charge in [0.25, 0.3) is 0 Å². The van der Waals surface area contributed by atoms with Gasteiger partial charge in [0.2, 0.25) is 0 Å². The average molecular weight is 568 g/mol. The predicted octanol–water partition coefficient (Wildman–Crippen LogP) is 9.78. The summed E-state index contributed by atoms with van der Waals surface area (Å²) in [6.45, 7) is 0. The molecule has 200 valence electrons. The zero-order valence-corrected chi connectivity index (χ0v) is 23.6. The minimum atomic E-state index is 0.638. The van der Waals surface area contributed by atoms with Crippen LogP contribution in [0.1, 0.15) is 5.56 Å². The van der Waals surface area contributed by atoms with Crippen LogP contribution in [0.25, 0.3) is 59.7 Å². The lowest BCUT2D eigenvalue weighted by atomic mass is 10.1. The molecular formula is C37H21N5S. The third-order valence-electron chi connectivity index (χ3n) is 8.19. The minimum Gasteiger partial charge on any atom is -0.306 e. The van der Waals surface area contributed by atoms with Crippen LogP contribution in [-0.2, 0) is 0 Å². The first-order chi connectivity index (χ1) is 21.3. The van der Waals surface area contributed by atoms with Crippen molar-refractivity contribution >= 4 is 60.6 Å². The molecule has 0 bridgehead atoms. The number of rotatable bonds is 3. The maximum Gasteiger partial charge on any atom is 0.144 e. The molecule has 1 aliphatic rings. The van der Waals surface area contributed by atoms with Crippen molar-refractivity contribution in [1.82, 2.24) is 14.5 Å². The van der Waals surface area contributed by atoms with Crippen LogP contribution in [0.2, 0.25) is 0 Å². The van der Waals surface area contributed by atoms with E-state index < -0.39 is 0 Å². The van der Waals surface area contributed by atoms with E-state index in [1.807, 2.05) is 36.4 Å². The molecule has 0 N–H and O–H groups in total. The lowest BCUT2D eigenvalue weighted by molar-refractivity contribution is 1.11. The molecule has 9 rings (SSSR count). The molecule has 0 unspecified atom stereocenters. The van der Waals surface area contributed by atoms with Crippen molar-refractivity contribution in [2.45, 2.75) is 0 Å². The molecule has 0 atom stereocenters. The highest BCUT2D eigenvalue weighted by molar-refractivity contribution is 7.21. The van der Waals surface area contributed by atoms with E-state index in [0.717, 1.165) is 54.9 Å². The number of anilines is 3. The number of nitrogens with zero attached hydrogens (tertiary/aromatic N) is 5. The molecular weight excluding hydrogens is 547 g/mol. The molecule has 0 spiro atoms. The molecule has 0 radical (unpaired) electrons. The molecule has 5 aromatic carbocycles. The Labute approximate surface area is 251 Å². The molecule has 0 fully saturated rings.